The summed E-state index contributed by atoms with van der Waals surface area (Å²) in [4.78, 5) is 15.6. The second kappa shape index (κ2) is 5.64. The summed E-state index contributed by atoms with van der Waals surface area (Å²) in [6.07, 6.45) is 0.841. The van der Waals surface area contributed by atoms with Crippen molar-refractivity contribution in [3.8, 4) is 0 Å². The highest BCUT2D eigenvalue weighted by molar-refractivity contribution is 6.08. The van der Waals surface area contributed by atoms with Crippen LogP contribution in [0.2, 0.25) is 0 Å². The van der Waals surface area contributed by atoms with Crippen molar-refractivity contribution in [1.82, 2.24) is 4.98 Å². The molecular formula is C18H17FN2O. The van der Waals surface area contributed by atoms with Gasteiger partial charge in [0.05, 0.1) is 0 Å². The molecule has 0 radical (unpaired) electrons. The molecule has 0 bridgehead atoms. The lowest BCUT2D eigenvalue weighted by atomic mass is 10.1. The molecule has 0 spiro atoms. The SMILES string of the molecule is CCc1ccccc1NC(=O)c1[nH]c2ccc(F)cc2c1C. The molecule has 0 aliphatic rings. The fourth-order valence-electron chi connectivity index (χ4n) is 2.66. The van der Waals surface area contributed by atoms with Crippen molar-refractivity contribution in [2.75, 3.05) is 5.32 Å². The first kappa shape index (κ1) is 14.3. The minimum atomic E-state index is -0.308. The van der Waals surface area contributed by atoms with E-state index in [0.717, 1.165) is 34.1 Å². The minimum Gasteiger partial charge on any atom is -0.350 e. The average molecular weight is 296 g/mol. The molecule has 3 nitrogen and oxygen atoms in total. The van der Waals surface area contributed by atoms with E-state index in [2.05, 4.69) is 10.3 Å². The van der Waals surface area contributed by atoms with Gasteiger partial charge >= 0.3 is 0 Å². The zero-order chi connectivity index (χ0) is 15.7. The second-order valence-electron chi connectivity index (χ2n) is 5.28. The van der Waals surface area contributed by atoms with E-state index in [0.29, 0.717) is 5.69 Å². The topological polar surface area (TPSA) is 44.9 Å². The molecule has 112 valence electrons. The number of anilines is 1. The van der Waals surface area contributed by atoms with Gasteiger partial charge in [0.2, 0.25) is 0 Å². The fraction of sp³-hybridized carbons (Fsp3) is 0.167. The standard InChI is InChI=1S/C18H17FN2O/c1-3-12-6-4-5-7-15(12)21-18(22)17-11(2)14-10-13(19)8-9-16(14)20-17/h4-10,20H,3H2,1-2H3,(H,21,22). The maximum Gasteiger partial charge on any atom is 0.272 e. The van der Waals surface area contributed by atoms with E-state index >= 15 is 0 Å². The van der Waals surface area contributed by atoms with Crippen LogP contribution in [-0.2, 0) is 6.42 Å². The second-order valence-corrected chi connectivity index (χ2v) is 5.28. The van der Waals surface area contributed by atoms with E-state index in [9.17, 15) is 9.18 Å². The van der Waals surface area contributed by atoms with E-state index in [1.54, 1.807) is 6.07 Å². The molecular weight excluding hydrogens is 279 g/mol. The fourth-order valence-corrected chi connectivity index (χ4v) is 2.66. The smallest absolute Gasteiger partial charge is 0.272 e. The van der Waals surface area contributed by atoms with E-state index < -0.39 is 0 Å². The van der Waals surface area contributed by atoms with Crippen LogP contribution in [0.15, 0.2) is 42.5 Å². The number of halogens is 1. The molecule has 4 heteroatoms. The van der Waals surface area contributed by atoms with Gasteiger partial charge in [0.25, 0.3) is 5.91 Å². The van der Waals surface area contributed by atoms with Crippen LogP contribution >= 0.6 is 0 Å². The number of para-hydroxylation sites is 1. The third kappa shape index (κ3) is 2.48. The Kier molecular flexibility index (Phi) is 3.67. The third-order valence-electron chi connectivity index (χ3n) is 3.89. The number of hydrogen-bond acceptors (Lipinski definition) is 1. The molecule has 0 saturated heterocycles. The van der Waals surface area contributed by atoms with Crippen molar-refractivity contribution in [2.45, 2.75) is 20.3 Å². The quantitative estimate of drug-likeness (QED) is 0.738. The maximum atomic E-state index is 13.4. The lowest BCUT2D eigenvalue weighted by Gasteiger charge is -2.09. The Balaban J connectivity index is 1.97. The van der Waals surface area contributed by atoms with Crippen molar-refractivity contribution >= 4 is 22.5 Å². The number of fused-ring (bicyclic) bond motifs is 1. The predicted molar refractivity (Wildman–Crippen MR) is 86.8 cm³/mol. The molecule has 0 fully saturated rings. The molecule has 0 unspecified atom stereocenters. The number of carbonyl (C=O) groups is 1. The number of aryl methyl sites for hydroxylation is 2. The number of benzene rings is 2. The van der Waals surface area contributed by atoms with Crippen LogP contribution in [0.5, 0.6) is 0 Å². The van der Waals surface area contributed by atoms with E-state index in [1.807, 2.05) is 38.1 Å². The average Bonchev–Trinajstić information content (AvgIpc) is 2.85. The molecule has 0 atom stereocenters. The van der Waals surface area contributed by atoms with Crippen LogP contribution < -0.4 is 5.32 Å². The third-order valence-corrected chi connectivity index (χ3v) is 3.89. The lowest BCUT2D eigenvalue weighted by Crippen LogP contribution is -2.14. The molecule has 0 saturated carbocycles. The number of aromatic amines is 1. The molecule has 2 N–H and O–H groups in total. The number of carbonyl (C=O) groups excluding carboxylic acids is 1. The minimum absolute atomic E-state index is 0.213. The van der Waals surface area contributed by atoms with Gasteiger partial charge in [0, 0.05) is 16.6 Å². The summed E-state index contributed by atoms with van der Waals surface area (Å²) in [5.41, 5.74) is 3.86. The summed E-state index contributed by atoms with van der Waals surface area (Å²) < 4.78 is 13.4. The van der Waals surface area contributed by atoms with Crippen LogP contribution in [-0.4, -0.2) is 10.9 Å². The number of aromatic nitrogens is 1. The Hall–Kier alpha value is -2.62. The Morgan fingerprint density at radius 3 is 2.77 bits per heavy atom. The molecule has 2 aromatic carbocycles. The summed E-state index contributed by atoms with van der Waals surface area (Å²) in [5.74, 6) is -0.520. The summed E-state index contributed by atoms with van der Waals surface area (Å²) in [5, 5.41) is 3.66. The van der Waals surface area contributed by atoms with Crippen molar-refractivity contribution in [1.29, 1.82) is 0 Å². The first-order valence-electron chi connectivity index (χ1n) is 7.27. The predicted octanol–water partition coefficient (Wildman–Crippen LogP) is 4.43. The largest absolute Gasteiger partial charge is 0.350 e. The van der Waals surface area contributed by atoms with Gasteiger partial charge in [0.1, 0.15) is 11.5 Å². The summed E-state index contributed by atoms with van der Waals surface area (Å²) in [6, 6.07) is 12.2. The Morgan fingerprint density at radius 1 is 1.23 bits per heavy atom. The summed E-state index contributed by atoms with van der Waals surface area (Å²) >= 11 is 0. The van der Waals surface area contributed by atoms with Gasteiger partial charge in [-0.05, 0) is 48.7 Å². The number of amides is 1. The zero-order valence-corrected chi connectivity index (χ0v) is 12.5. The van der Waals surface area contributed by atoms with Crippen LogP contribution in [0.1, 0.15) is 28.5 Å². The molecule has 3 rings (SSSR count). The first-order valence-corrected chi connectivity index (χ1v) is 7.27. The summed E-state index contributed by atoms with van der Waals surface area (Å²) in [7, 11) is 0. The summed E-state index contributed by atoms with van der Waals surface area (Å²) in [6.45, 7) is 3.86. The molecule has 22 heavy (non-hydrogen) atoms. The molecule has 0 aliphatic heterocycles. The maximum absolute atomic E-state index is 13.4. The van der Waals surface area contributed by atoms with Crippen LogP contribution in [0, 0.1) is 12.7 Å². The van der Waals surface area contributed by atoms with E-state index in [1.165, 1.54) is 12.1 Å². The van der Waals surface area contributed by atoms with Gasteiger partial charge < -0.3 is 10.3 Å². The number of H-pyrrole nitrogens is 1. The van der Waals surface area contributed by atoms with E-state index in [4.69, 9.17) is 0 Å². The highest BCUT2D eigenvalue weighted by atomic mass is 19.1. The highest BCUT2D eigenvalue weighted by Crippen LogP contribution is 2.24. The Bertz CT molecular complexity index is 851. The molecule has 1 amide bonds. The van der Waals surface area contributed by atoms with Crippen molar-refractivity contribution in [3.05, 3.63) is 65.1 Å². The molecule has 0 aliphatic carbocycles. The lowest BCUT2D eigenvalue weighted by molar-refractivity contribution is 0.102. The number of hydrogen-bond donors (Lipinski definition) is 2. The van der Waals surface area contributed by atoms with E-state index in [-0.39, 0.29) is 11.7 Å². The molecule has 3 aromatic rings. The number of rotatable bonds is 3. The van der Waals surface area contributed by atoms with Gasteiger partial charge in [-0.15, -0.1) is 0 Å². The van der Waals surface area contributed by atoms with Crippen molar-refractivity contribution < 1.29 is 9.18 Å². The van der Waals surface area contributed by atoms with Crippen molar-refractivity contribution in [2.24, 2.45) is 0 Å². The number of nitrogens with one attached hydrogen (secondary N) is 2. The van der Waals surface area contributed by atoms with Gasteiger partial charge in [0.15, 0.2) is 0 Å². The zero-order valence-electron chi connectivity index (χ0n) is 12.5. The normalized spacial score (nSPS) is 10.9. The van der Waals surface area contributed by atoms with Gasteiger partial charge in [-0.3, -0.25) is 4.79 Å². The van der Waals surface area contributed by atoms with Crippen LogP contribution in [0.4, 0.5) is 10.1 Å². The molecule has 1 heterocycles. The Morgan fingerprint density at radius 2 is 2.00 bits per heavy atom. The van der Waals surface area contributed by atoms with Gasteiger partial charge in [-0.1, -0.05) is 25.1 Å². The van der Waals surface area contributed by atoms with Gasteiger partial charge in [-0.25, -0.2) is 4.39 Å². The Labute approximate surface area is 128 Å². The highest BCUT2D eigenvalue weighted by Gasteiger charge is 2.16. The van der Waals surface area contributed by atoms with Crippen LogP contribution in [0.25, 0.3) is 10.9 Å². The van der Waals surface area contributed by atoms with Gasteiger partial charge in [-0.2, -0.15) is 0 Å². The molecule has 1 aromatic heterocycles. The first-order chi connectivity index (χ1) is 10.6. The van der Waals surface area contributed by atoms with Crippen LogP contribution in [0.3, 0.4) is 0 Å². The monoisotopic (exact) mass is 296 g/mol. The van der Waals surface area contributed by atoms with Crippen molar-refractivity contribution in [3.63, 3.8) is 0 Å².